The molecule has 1 amide bonds. The molecule has 40 heavy (non-hydrogen) atoms. The number of ether oxygens (including phenoxy) is 2. The normalized spacial score (nSPS) is 14.8. The van der Waals surface area contributed by atoms with E-state index in [1.165, 1.54) is 19.3 Å². The number of nitrogens with zero attached hydrogens (tertiary/aromatic N) is 1. The Hall–Kier alpha value is -2.27. The van der Waals surface area contributed by atoms with Gasteiger partial charge in [0.15, 0.2) is 0 Å². The lowest BCUT2D eigenvalue weighted by molar-refractivity contribution is 0.0469. The van der Waals surface area contributed by atoms with E-state index in [0.717, 1.165) is 66.5 Å². The molecule has 0 radical (unpaired) electrons. The fourth-order valence-electron chi connectivity index (χ4n) is 4.67. The Morgan fingerprint density at radius 1 is 1.23 bits per heavy atom. The summed E-state index contributed by atoms with van der Waals surface area (Å²) >= 11 is 0. The summed E-state index contributed by atoms with van der Waals surface area (Å²) in [6.45, 7) is 27.1. The maximum absolute atomic E-state index is 13.0. The molecule has 1 saturated carbocycles. The highest BCUT2D eigenvalue weighted by Crippen LogP contribution is 2.29. The van der Waals surface area contributed by atoms with E-state index >= 15 is 0 Å². The van der Waals surface area contributed by atoms with Crippen LogP contribution in [0.2, 0.25) is 0 Å². The minimum absolute atomic E-state index is 0. The maximum Gasteiger partial charge on any atom is 0.251 e. The van der Waals surface area contributed by atoms with Gasteiger partial charge in [-0.05, 0) is 95.4 Å². The molecule has 0 aliphatic heterocycles. The highest BCUT2D eigenvalue weighted by Gasteiger charge is 2.22. The predicted molar refractivity (Wildman–Crippen MR) is 174 cm³/mol. The van der Waals surface area contributed by atoms with Crippen molar-refractivity contribution in [1.82, 2.24) is 10.2 Å². The van der Waals surface area contributed by atoms with Crippen molar-refractivity contribution in [2.24, 2.45) is 11.8 Å². The summed E-state index contributed by atoms with van der Waals surface area (Å²) in [5, 5.41) is 5.01. The predicted octanol–water partition coefficient (Wildman–Crippen LogP) is 7.20. The fraction of sp³-hybridized carbons (Fsp3) is 0.686. The first-order valence-electron chi connectivity index (χ1n) is 15.2. The Bertz CT molecular complexity index is 991. The minimum atomic E-state index is -0.188. The number of benzene rings is 1. The quantitative estimate of drug-likeness (QED) is 0.218. The Kier molecular flexibility index (Phi) is 17.9. The first-order chi connectivity index (χ1) is 18.4. The minimum Gasteiger partial charge on any atom is -0.493 e. The number of amides is 1. The van der Waals surface area contributed by atoms with Gasteiger partial charge in [0.2, 0.25) is 0 Å². The van der Waals surface area contributed by atoms with Crippen LogP contribution in [-0.4, -0.2) is 49.3 Å². The molecule has 2 unspecified atom stereocenters. The second-order valence-electron chi connectivity index (χ2n) is 12.0. The molecule has 1 aromatic carbocycles. The van der Waals surface area contributed by atoms with Crippen LogP contribution in [-0.2, 0) is 9.47 Å². The number of carbonyl (C=O) groups is 1. The number of hydrogen-bond donors (Lipinski definition) is 1. The lowest BCUT2D eigenvalue weighted by Crippen LogP contribution is -2.36. The standard InChI is InChI=1S/C32H52N2O3.C2H6.CH4/c1-10-12-27(14-11-13-24(3)37-32(6,7)8)20-34(9)21-30-23(2)15-18-29(26(30)5)31(35)33-19-25(4)36-22-28-16-17-28;1-2;/h15,18,21,25,27-28H,2-3,10-14,16-17,19-20,22H2,1,4-9H3,(H,33,35);1-2H3;1H4/b30-21+;;. The highest BCUT2D eigenvalue weighted by molar-refractivity contribution is 5.95. The fourth-order valence-corrected chi connectivity index (χ4v) is 4.67. The topological polar surface area (TPSA) is 50.8 Å². The monoisotopic (exact) mass is 558 g/mol. The van der Waals surface area contributed by atoms with Crippen molar-refractivity contribution in [3.63, 3.8) is 0 Å². The van der Waals surface area contributed by atoms with E-state index in [-0.39, 0.29) is 25.0 Å². The third-order valence-electron chi connectivity index (χ3n) is 6.82. The third-order valence-corrected chi connectivity index (χ3v) is 6.82. The number of nitrogens with one attached hydrogen (secondary N) is 1. The summed E-state index contributed by atoms with van der Waals surface area (Å²) in [7, 11) is 2.12. The first-order valence-corrected chi connectivity index (χ1v) is 15.2. The van der Waals surface area contributed by atoms with Crippen LogP contribution < -0.4 is 15.8 Å². The summed E-state index contributed by atoms with van der Waals surface area (Å²) in [5.41, 5.74) is 1.47. The van der Waals surface area contributed by atoms with Gasteiger partial charge in [0, 0.05) is 50.1 Å². The molecule has 2 rings (SSSR count). The average molecular weight is 559 g/mol. The van der Waals surface area contributed by atoms with E-state index in [0.29, 0.717) is 18.0 Å². The van der Waals surface area contributed by atoms with Crippen molar-refractivity contribution >= 4 is 18.7 Å². The van der Waals surface area contributed by atoms with Crippen molar-refractivity contribution in [3.05, 3.63) is 46.0 Å². The Morgan fingerprint density at radius 3 is 2.45 bits per heavy atom. The van der Waals surface area contributed by atoms with Crippen LogP contribution >= 0.6 is 0 Å². The van der Waals surface area contributed by atoms with Crippen molar-refractivity contribution in [2.45, 2.75) is 119 Å². The summed E-state index contributed by atoms with van der Waals surface area (Å²) in [6, 6.07) is 3.82. The van der Waals surface area contributed by atoms with Gasteiger partial charge in [-0.25, -0.2) is 0 Å². The molecule has 0 spiro atoms. The van der Waals surface area contributed by atoms with Crippen molar-refractivity contribution < 1.29 is 14.3 Å². The molecule has 1 N–H and O–H groups in total. The molecule has 1 aromatic rings. The van der Waals surface area contributed by atoms with Crippen LogP contribution in [0.25, 0.3) is 12.8 Å². The molecular weight excluding hydrogens is 496 g/mol. The van der Waals surface area contributed by atoms with E-state index in [2.05, 4.69) is 64.3 Å². The largest absolute Gasteiger partial charge is 0.493 e. The highest BCUT2D eigenvalue weighted by atomic mass is 16.5. The lowest BCUT2D eigenvalue weighted by Gasteiger charge is -2.25. The second-order valence-corrected chi connectivity index (χ2v) is 12.0. The zero-order valence-corrected chi connectivity index (χ0v) is 26.6. The summed E-state index contributed by atoms with van der Waals surface area (Å²) in [4.78, 5) is 15.2. The van der Waals surface area contributed by atoms with Crippen LogP contribution in [0.4, 0.5) is 0 Å². The second kappa shape index (κ2) is 19.0. The summed E-state index contributed by atoms with van der Waals surface area (Å²) < 4.78 is 11.7. The van der Waals surface area contributed by atoms with Gasteiger partial charge in [-0.15, -0.1) is 0 Å². The SMILES string of the molecule is C.C=C(CCCC(CCC)CN(C)/C=c1/c(C)c(C(=O)NCC(C)OCC2CC2)ccc1=C)OC(C)(C)C.CC. The molecule has 1 aliphatic rings. The van der Waals surface area contributed by atoms with Gasteiger partial charge in [-0.1, -0.05) is 53.8 Å². The van der Waals surface area contributed by atoms with Gasteiger partial charge in [-0.2, -0.15) is 0 Å². The lowest BCUT2D eigenvalue weighted by atomic mass is 9.96. The van der Waals surface area contributed by atoms with Crippen LogP contribution in [0.15, 0.2) is 24.5 Å². The third kappa shape index (κ3) is 14.9. The van der Waals surface area contributed by atoms with Crippen LogP contribution in [0.3, 0.4) is 0 Å². The van der Waals surface area contributed by atoms with Gasteiger partial charge in [0.1, 0.15) is 5.60 Å². The van der Waals surface area contributed by atoms with Crippen LogP contribution in [0, 0.1) is 18.8 Å². The van der Waals surface area contributed by atoms with E-state index in [9.17, 15) is 4.79 Å². The molecule has 0 aromatic heterocycles. The molecular formula is C35H62N2O3. The molecule has 230 valence electrons. The molecule has 1 fully saturated rings. The van der Waals surface area contributed by atoms with Crippen LogP contribution in [0.1, 0.15) is 117 Å². The maximum atomic E-state index is 13.0. The Labute approximate surface area is 247 Å². The van der Waals surface area contributed by atoms with Crippen molar-refractivity contribution in [2.75, 3.05) is 26.7 Å². The van der Waals surface area contributed by atoms with Crippen LogP contribution in [0.5, 0.6) is 0 Å². The van der Waals surface area contributed by atoms with Gasteiger partial charge >= 0.3 is 0 Å². The number of hydrogen-bond acceptors (Lipinski definition) is 4. The zero-order chi connectivity index (χ0) is 29.6. The Balaban J connectivity index is 0.00000495. The molecule has 0 saturated heterocycles. The van der Waals surface area contributed by atoms with Gasteiger partial charge in [-0.3, -0.25) is 4.79 Å². The summed E-state index contributed by atoms with van der Waals surface area (Å²) in [6.07, 6.45) is 10.2. The Morgan fingerprint density at radius 2 is 1.88 bits per heavy atom. The van der Waals surface area contributed by atoms with Crippen molar-refractivity contribution in [1.29, 1.82) is 0 Å². The van der Waals surface area contributed by atoms with E-state index in [4.69, 9.17) is 9.47 Å². The van der Waals surface area contributed by atoms with E-state index in [1.807, 2.05) is 39.8 Å². The average Bonchev–Trinajstić information content (AvgIpc) is 3.69. The van der Waals surface area contributed by atoms with Crippen molar-refractivity contribution in [3.8, 4) is 0 Å². The van der Waals surface area contributed by atoms with Gasteiger partial charge in [0.05, 0.1) is 11.9 Å². The summed E-state index contributed by atoms with van der Waals surface area (Å²) in [5.74, 6) is 2.13. The first kappa shape index (κ1) is 37.7. The smallest absolute Gasteiger partial charge is 0.251 e. The molecule has 5 heteroatoms. The molecule has 0 heterocycles. The number of rotatable bonds is 16. The van der Waals surface area contributed by atoms with Gasteiger partial charge < -0.3 is 19.7 Å². The number of carbonyl (C=O) groups excluding carboxylic acids is 1. The number of allylic oxidation sites excluding steroid dienone is 1. The molecule has 2 atom stereocenters. The van der Waals surface area contributed by atoms with E-state index in [1.54, 1.807) is 0 Å². The van der Waals surface area contributed by atoms with Gasteiger partial charge in [0.25, 0.3) is 5.91 Å². The molecule has 5 nitrogen and oxygen atoms in total. The molecule has 0 bridgehead atoms. The zero-order valence-electron chi connectivity index (χ0n) is 26.6. The molecule has 1 aliphatic carbocycles. The van der Waals surface area contributed by atoms with E-state index < -0.39 is 0 Å².